The molecule has 1 amide bonds. The molecule has 2 heterocycles. The van der Waals surface area contributed by atoms with Crippen molar-refractivity contribution < 1.29 is 13.2 Å². The molecule has 2 unspecified atom stereocenters. The van der Waals surface area contributed by atoms with Crippen LogP contribution in [0.25, 0.3) is 10.2 Å². The van der Waals surface area contributed by atoms with Crippen LogP contribution in [0.4, 0.5) is 0 Å². The lowest BCUT2D eigenvalue weighted by atomic mass is 9.94. The lowest BCUT2D eigenvalue weighted by Gasteiger charge is -2.34. The van der Waals surface area contributed by atoms with Crippen LogP contribution < -0.4 is 4.80 Å². The summed E-state index contributed by atoms with van der Waals surface area (Å²) >= 11 is 1.47. The molecule has 1 aliphatic heterocycles. The summed E-state index contributed by atoms with van der Waals surface area (Å²) in [5, 5.41) is 0. The molecule has 0 spiro atoms. The highest BCUT2D eigenvalue weighted by Gasteiger charge is 2.31. The van der Waals surface area contributed by atoms with E-state index < -0.39 is 15.9 Å². The average molecular weight is 498 g/mol. The first-order valence-corrected chi connectivity index (χ1v) is 13.8. The molecule has 1 fully saturated rings. The van der Waals surface area contributed by atoms with E-state index in [1.54, 1.807) is 22.5 Å². The molecule has 0 bridgehead atoms. The molecule has 6 nitrogen and oxygen atoms in total. The van der Waals surface area contributed by atoms with Crippen LogP contribution in [0, 0.1) is 25.7 Å². The second-order valence-corrected chi connectivity index (χ2v) is 12.4. The summed E-state index contributed by atoms with van der Waals surface area (Å²) in [7, 11) is -3.59. The molecule has 4 rings (SSSR count). The number of nitrogens with zero attached hydrogens (tertiary/aromatic N) is 3. The van der Waals surface area contributed by atoms with Gasteiger partial charge in [0.1, 0.15) is 0 Å². The molecule has 0 saturated carbocycles. The number of carbonyl (C=O) groups is 1. The van der Waals surface area contributed by atoms with E-state index in [9.17, 15) is 13.2 Å². The van der Waals surface area contributed by atoms with Gasteiger partial charge in [0.25, 0.3) is 5.91 Å². The fourth-order valence-corrected chi connectivity index (χ4v) is 7.74. The Labute approximate surface area is 205 Å². The number of allylic oxidation sites excluding steroid dienone is 1. The van der Waals surface area contributed by atoms with Crippen molar-refractivity contribution in [2.75, 3.05) is 13.1 Å². The third-order valence-corrected chi connectivity index (χ3v) is 9.07. The van der Waals surface area contributed by atoms with Gasteiger partial charge in [0.05, 0.1) is 15.1 Å². The number of hydrogen-bond acceptors (Lipinski definition) is 4. The van der Waals surface area contributed by atoms with Gasteiger partial charge >= 0.3 is 0 Å². The second kappa shape index (κ2) is 9.60. The summed E-state index contributed by atoms with van der Waals surface area (Å²) in [6.45, 7) is 13.7. The molecule has 2 atom stereocenters. The summed E-state index contributed by atoms with van der Waals surface area (Å²) in [6, 6.07) is 10.3. The molecule has 0 radical (unpaired) electrons. The Morgan fingerprint density at radius 1 is 1.15 bits per heavy atom. The van der Waals surface area contributed by atoms with Gasteiger partial charge in [0.2, 0.25) is 10.0 Å². The SMILES string of the molecule is C=CCn1c(=NC(=O)c2ccc(S(=O)(=O)N3CC(C)CC(C)C3)cc2)sc2cc(C)cc(C)c21. The quantitative estimate of drug-likeness (QED) is 0.470. The number of aromatic nitrogens is 1. The number of piperidine rings is 1. The van der Waals surface area contributed by atoms with Crippen LogP contribution in [0.3, 0.4) is 0 Å². The van der Waals surface area contributed by atoms with Gasteiger partial charge in [-0.15, -0.1) is 6.58 Å². The van der Waals surface area contributed by atoms with Crippen LogP contribution >= 0.6 is 11.3 Å². The molecular weight excluding hydrogens is 466 g/mol. The number of carbonyl (C=O) groups excluding carboxylic acids is 1. The first-order chi connectivity index (χ1) is 16.1. The van der Waals surface area contributed by atoms with Crippen molar-refractivity contribution in [1.29, 1.82) is 0 Å². The number of amides is 1. The molecule has 0 aliphatic carbocycles. The number of benzene rings is 2. The molecule has 2 aromatic carbocycles. The van der Waals surface area contributed by atoms with Crippen LogP contribution in [-0.4, -0.2) is 36.3 Å². The van der Waals surface area contributed by atoms with Gasteiger partial charge in [-0.25, -0.2) is 8.42 Å². The maximum absolute atomic E-state index is 13.1. The average Bonchev–Trinajstić information content (AvgIpc) is 3.10. The third kappa shape index (κ3) is 4.80. The minimum absolute atomic E-state index is 0.208. The zero-order valence-corrected chi connectivity index (χ0v) is 21.7. The maximum atomic E-state index is 13.1. The minimum atomic E-state index is -3.59. The molecule has 0 N–H and O–H groups in total. The first kappa shape index (κ1) is 24.6. The van der Waals surface area contributed by atoms with Crippen LogP contribution in [0.1, 0.15) is 41.8 Å². The molecule has 180 valence electrons. The highest BCUT2D eigenvalue weighted by Crippen LogP contribution is 2.27. The van der Waals surface area contributed by atoms with Crippen molar-refractivity contribution in [1.82, 2.24) is 8.87 Å². The molecule has 1 aliphatic rings. The Morgan fingerprint density at radius 3 is 2.41 bits per heavy atom. The fraction of sp³-hybridized carbons (Fsp3) is 0.385. The second-order valence-electron chi connectivity index (χ2n) is 9.42. The van der Waals surface area contributed by atoms with Crippen LogP contribution in [-0.2, 0) is 16.6 Å². The molecule has 1 aromatic heterocycles. The van der Waals surface area contributed by atoms with Crippen LogP contribution in [0.2, 0.25) is 0 Å². The topological polar surface area (TPSA) is 71.7 Å². The van der Waals surface area contributed by atoms with Crippen molar-refractivity contribution in [2.24, 2.45) is 16.8 Å². The lowest BCUT2D eigenvalue weighted by molar-refractivity contribution is 0.0997. The van der Waals surface area contributed by atoms with E-state index in [0.29, 0.717) is 41.8 Å². The van der Waals surface area contributed by atoms with E-state index in [1.165, 1.54) is 23.5 Å². The van der Waals surface area contributed by atoms with Gasteiger partial charge in [0, 0.05) is 25.2 Å². The van der Waals surface area contributed by atoms with Gasteiger partial charge in [-0.2, -0.15) is 9.30 Å². The monoisotopic (exact) mass is 497 g/mol. The van der Waals surface area contributed by atoms with Gasteiger partial charge in [0.15, 0.2) is 4.80 Å². The van der Waals surface area contributed by atoms with Gasteiger partial charge < -0.3 is 4.57 Å². The smallest absolute Gasteiger partial charge is 0.279 e. The summed E-state index contributed by atoms with van der Waals surface area (Å²) in [6.07, 6.45) is 2.82. The first-order valence-electron chi connectivity index (χ1n) is 11.5. The number of thiazole rings is 1. The predicted octanol–water partition coefficient (Wildman–Crippen LogP) is 4.91. The van der Waals surface area contributed by atoms with E-state index in [0.717, 1.165) is 27.8 Å². The van der Waals surface area contributed by atoms with Crippen molar-refractivity contribution in [3.05, 3.63) is 70.5 Å². The van der Waals surface area contributed by atoms with Crippen LogP contribution in [0.5, 0.6) is 0 Å². The summed E-state index contributed by atoms with van der Waals surface area (Å²) in [5.41, 5.74) is 3.69. The normalized spacial score (nSPS) is 20.1. The van der Waals surface area contributed by atoms with E-state index in [2.05, 4.69) is 44.5 Å². The summed E-state index contributed by atoms with van der Waals surface area (Å²) in [5.74, 6) is 0.256. The Bertz CT molecular complexity index is 1410. The summed E-state index contributed by atoms with van der Waals surface area (Å²) in [4.78, 5) is 18.2. The largest absolute Gasteiger partial charge is 0.312 e. The molecule has 8 heteroatoms. The lowest BCUT2D eigenvalue weighted by Crippen LogP contribution is -2.42. The Morgan fingerprint density at radius 2 is 1.79 bits per heavy atom. The Hall–Kier alpha value is -2.55. The minimum Gasteiger partial charge on any atom is -0.312 e. The van der Waals surface area contributed by atoms with Gasteiger partial charge in [-0.3, -0.25) is 4.79 Å². The van der Waals surface area contributed by atoms with Gasteiger partial charge in [-0.05, 0) is 73.6 Å². The number of rotatable bonds is 5. The maximum Gasteiger partial charge on any atom is 0.279 e. The van der Waals surface area contributed by atoms with Crippen LogP contribution in [0.15, 0.2) is 58.9 Å². The van der Waals surface area contributed by atoms with Crippen molar-refractivity contribution in [3.8, 4) is 0 Å². The number of hydrogen-bond donors (Lipinski definition) is 0. The standard InChI is InChI=1S/C26H31N3O3S2/c1-6-11-29-24-20(5)13-17(2)14-23(24)33-26(29)27-25(30)21-7-9-22(10-8-21)34(31,32)28-15-18(3)12-19(4)16-28/h6-10,13-14,18-19H,1,11-12,15-16H2,2-5H3. The highest BCUT2D eigenvalue weighted by molar-refractivity contribution is 7.89. The summed E-state index contributed by atoms with van der Waals surface area (Å²) < 4.78 is 30.9. The molecule has 3 aromatic rings. The number of sulfonamides is 1. The van der Waals surface area contributed by atoms with E-state index >= 15 is 0 Å². The zero-order valence-electron chi connectivity index (χ0n) is 20.1. The van der Waals surface area contributed by atoms with E-state index in [1.807, 2.05) is 11.5 Å². The van der Waals surface area contributed by atoms with Crippen molar-refractivity contribution >= 4 is 37.5 Å². The van der Waals surface area contributed by atoms with E-state index in [4.69, 9.17) is 0 Å². The molecular formula is C26H31N3O3S2. The molecule has 1 saturated heterocycles. The van der Waals surface area contributed by atoms with E-state index in [-0.39, 0.29) is 4.90 Å². The number of aryl methyl sites for hydroxylation is 2. The highest BCUT2D eigenvalue weighted by atomic mass is 32.2. The fourth-order valence-electron chi connectivity index (χ4n) is 4.85. The van der Waals surface area contributed by atoms with Gasteiger partial charge in [-0.1, -0.05) is 37.3 Å². The number of fused-ring (bicyclic) bond motifs is 1. The third-order valence-electron chi connectivity index (χ3n) is 6.20. The Balaban J connectivity index is 1.66. The Kier molecular flexibility index (Phi) is 6.94. The molecule has 34 heavy (non-hydrogen) atoms. The van der Waals surface area contributed by atoms with Crippen molar-refractivity contribution in [3.63, 3.8) is 0 Å². The van der Waals surface area contributed by atoms with Crippen molar-refractivity contribution in [2.45, 2.75) is 45.6 Å². The predicted molar refractivity (Wildman–Crippen MR) is 138 cm³/mol. The zero-order chi connectivity index (χ0) is 24.6.